The summed E-state index contributed by atoms with van der Waals surface area (Å²) < 4.78 is 9.28. The highest BCUT2D eigenvalue weighted by Crippen LogP contribution is 1.90. The summed E-state index contributed by atoms with van der Waals surface area (Å²) in [7, 11) is 0. The lowest BCUT2D eigenvalue weighted by Crippen LogP contribution is -2.18. The molecule has 4 nitrogen and oxygen atoms in total. The van der Waals surface area contributed by atoms with Gasteiger partial charge in [-0.25, -0.2) is 9.59 Å². The predicted octanol–water partition coefficient (Wildman–Crippen LogP) is 1.06. The number of ether oxygens (including phenoxy) is 2. The number of esters is 2. The van der Waals surface area contributed by atoms with Gasteiger partial charge in [0.25, 0.3) is 0 Å². The maximum atomic E-state index is 10.8. The van der Waals surface area contributed by atoms with E-state index in [9.17, 15) is 9.59 Å². The summed E-state index contributed by atoms with van der Waals surface area (Å²) in [5, 5.41) is 0. The van der Waals surface area contributed by atoms with Gasteiger partial charge in [0.15, 0.2) is 6.61 Å². The molecule has 0 N–H and O–H groups in total. The molecule has 0 saturated heterocycles. The van der Waals surface area contributed by atoms with Gasteiger partial charge in [0, 0.05) is 6.08 Å². The van der Waals surface area contributed by atoms with Gasteiger partial charge in [0.2, 0.25) is 0 Å². The largest absolute Gasteiger partial charge is 0.460 e. The third-order valence-electron chi connectivity index (χ3n) is 1.00. The predicted molar refractivity (Wildman–Crippen MR) is 47.0 cm³/mol. The molecule has 74 valence electrons. The molecule has 0 amide bonds. The molecule has 0 fully saturated rings. The molecule has 0 heterocycles. The number of rotatable bonds is 4. The summed E-state index contributed by atoms with van der Waals surface area (Å²) >= 11 is 0. The average molecular weight is 186 g/mol. The maximum absolute atomic E-state index is 10.8. The van der Waals surface area contributed by atoms with Gasteiger partial charge in [-0.2, -0.15) is 0 Å². The second kappa shape index (κ2) is 6.22. The lowest BCUT2D eigenvalue weighted by molar-refractivity contribution is -0.158. The number of carbonyl (C=O) groups is 2. The molecule has 0 aromatic heterocycles. The van der Waals surface area contributed by atoms with E-state index in [2.05, 4.69) is 4.74 Å². The van der Waals surface area contributed by atoms with Crippen LogP contribution in [0.1, 0.15) is 20.8 Å². The van der Waals surface area contributed by atoms with Gasteiger partial charge in [-0.05, 0) is 20.8 Å². The topological polar surface area (TPSA) is 52.6 Å². The van der Waals surface area contributed by atoms with Crippen molar-refractivity contribution in [1.82, 2.24) is 0 Å². The van der Waals surface area contributed by atoms with Crippen molar-refractivity contribution in [2.75, 3.05) is 6.61 Å². The molecule has 0 aliphatic heterocycles. The molecule has 0 aromatic carbocycles. The Bertz CT molecular complexity index is 206. The number of hydrogen-bond donors (Lipinski definition) is 0. The third-order valence-corrected chi connectivity index (χ3v) is 1.00. The zero-order chi connectivity index (χ0) is 10.3. The molecule has 13 heavy (non-hydrogen) atoms. The van der Waals surface area contributed by atoms with Crippen molar-refractivity contribution < 1.29 is 19.1 Å². The van der Waals surface area contributed by atoms with E-state index in [0.29, 0.717) is 0 Å². The SMILES string of the molecule is C/C=C/C(=O)OCC(=O)OC(C)C. The van der Waals surface area contributed by atoms with Gasteiger partial charge >= 0.3 is 11.9 Å². The van der Waals surface area contributed by atoms with Gasteiger partial charge in [-0.15, -0.1) is 0 Å². The molecule has 0 aliphatic carbocycles. The second-order valence-electron chi connectivity index (χ2n) is 2.65. The fraction of sp³-hybridized carbons (Fsp3) is 0.556. The Morgan fingerprint density at radius 2 is 2.00 bits per heavy atom. The van der Waals surface area contributed by atoms with Crippen molar-refractivity contribution in [3.05, 3.63) is 12.2 Å². The smallest absolute Gasteiger partial charge is 0.344 e. The summed E-state index contributed by atoms with van der Waals surface area (Å²) in [5.41, 5.74) is 0. The lowest BCUT2D eigenvalue weighted by atomic mass is 10.5. The standard InChI is InChI=1S/C9H14O4/c1-4-5-8(10)12-6-9(11)13-7(2)3/h4-5,7H,6H2,1-3H3/b5-4+. The van der Waals surface area contributed by atoms with Crippen molar-refractivity contribution >= 4 is 11.9 Å². The minimum atomic E-state index is -0.539. The van der Waals surface area contributed by atoms with Crippen LogP contribution in [0.5, 0.6) is 0 Å². The van der Waals surface area contributed by atoms with Crippen molar-refractivity contribution in [1.29, 1.82) is 0 Å². The van der Waals surface area contributed by atoms with Crippen LogP contribution in [0.25, 0.3) is 0 Å². The van der Waals surface area contributed by atoms with E-state index in [1.807, 2.05) is 0 Å². The van der Waals surface area contributed by atoms with Crippen molar-refractivity contribution in [2.24, 2.45) is 0 Å². The van der Waals surface area contributed by atoms with Crippen LogP contribution in [0, 0.1) is 0 Å². The molecule has 0 bridgehead atoms. The Labute approximate surface area is 77.5 Å². The second-order valence-corrected chi connectivity index (χ2v) is 2.65. The van der Waals surface area contributed by atoms with Gasteiger partial charge in [-0.1, -0.05) is 6.08 Å². The fourth-order valence-electron chi connectivity index (χ4n) is 0.611. The van der Waals surface area contributed by atoms with Gasteiger partial charge in [0.05, 0.1) is 6.10 Å². The van der Waals surface area contributed by atoms with Crippen LogP contribution in [-0.4, -0.2) is 24.6 Å². The van der Waals surface area contributed by atoms with Gasteiger partial charge in [0.1, 0.15) is 0 Å². The van der Waals surface area contributed by atoms with Crippen LogP contribution in [0.3, 0.4) is 0 Å². The highest BCUT2D eigenvalue weighted by atomic mass is 16.6. The first-order valence-electron chi connectivity index (χ1n) is 4.05. The first-order chi connectivity index (χ1) is 6.06. The van der Waals surface area contributed by atoms with Crippen molar-refractivity contribution in [2.45, 2.75) is 26.9 Å². The van der Waals surface area contributed by atoms with Crippen LogP contribution in [0.4, 0.5) is 0 Å². The van der Waals surface area contributed by atoms with Crippen molar-refractivity contribution in [3.63, 3.8) is 0 Å². The maximum Gasteiger partial charge on any atom is 0.344 e. The third kappa shape index (κ3) is 7.05. The average Bonchev–Trinajstić information content (AvgIpc) is 2.00. The molecular formula is C9H14O4. The molecular weight excluding hydrogens is 172 g/mol. The minimum absolute atomic E-state index is 0.187. The first kappa shape index (κ1) is 11.7. The van der Waals surface area contributed by atoms with E-state index in [1.165, 1.54) is 12.2 Å². The van der Waals surface area contributed by atoms with Gasteiger partial charge in [-0.3, -0.25) is 0 Å². The highest BCUT2D eigenvalue weighted by molar-refractivity contribution is 5.84. The number of carbonyl (C=O) groups excluding carboxylic acids is 2. The van der Waals surface area contributed by atoms with E-state index in [0.717, 1.165) is 0 Å². The molecule has 0 aromatic rings. The summed E-state index contributed by atoms with van der Waals surface area (Å²) in [5.74, 6) is -1.07. The molecule has 0 radical (unpaired) electrons. The number of allylic oxidation sites excluding steroid dienone is 1. The molecule has 0 aliphatic rings. The van der Waals surface area contributed by atoms with Crippen LogP contribution in [0.15, 0.2) is 12.2 Å². The molecule has 0 saturated carbocycles. The van der Waals surface area contributed by atoms with Crippen LogP contribution in [0.2, 0.25) is 0 Å². The van der Waals surface area contributed by atoms with Crippen LogP contribution >= 0.6 is 0 Å². The highest BCUT2D eigenvalue weighted by Gasteiger charge is 2.07. The Morgan fingerprint density at radius 1 is 1.38 bits per heavy atom. The summed E-state index contributed by atoms with van der Waals surface area (Å²) in [4.78, 5) is 21.6. The lowest BCUT2D eigenvalue weighted by Gasteiger charge is -2.06. The Morgan fingerprint density at radius 3 is 2.46 bits per heavy atom. The fourth-order valence-corrected chi connectivity index (χ4v) is 0.611. The van der Waals surface area contributed by atoms with E-state index in [1.54, 1.807) is 20.8 Å². The Balaban J connectivity index is 3.64. The van der Waals surface area contributed by atoms with E-state index >= 15 is 0 Å². The van der Waals surface area contributed by atoms with E-state index in [4.69, 9.17) is 4.74 Å². The van der Waals surface area contributed by atoms with Crippen LogP contribution in [-0.2, 0) is 19.1 Å². The molecule has 4 heteroatoms. The summed E-state index contributed by atoms with van der Waals surface area (Å²) in [6.45, 7) is 4.81. The minimum Gasteiger partial charge on any atom is -0.460 e. The number of hydrogen-bond acceptors (Lipinski definition) is 4. The Hall–Kier alpha value is -1.32. The first-order valence-corrected chi connectivity index (χ1v) is 4.05. The summed E-state index contributed by atoms with van der Waals surface area (Å²) in [6, 6.07) is 0. The van der Waals surface area contributed by atoms with E-state index < -0.39 is 11.9 Å². The van der Waals surface area contributed by atoms with E-state index in [-0.39, 0.29) is 12.7 Å². The van der Waals surface area contributed by atoms with Gasteiger partial charge < -0.3 is 9.47 Å². The van der Waals surface area contributed by atoms with Crippen molar-refractivity contribution in [3.8, 4) is 0 Å². The molecule has 0 rings (SSSR count). The zero-order valence-electron chi connectivity index (χ0n) is 8.07. The molecule has 0 unspecified atom stereocenters. The monoisotopic (exact) mass is 186 g/mol. The molecule has 0 atom stereocenters. The quantitative estimate of drug-likeness (QED) is 0.486. The summed E-state index contributed by atoms with van der Waals surface area (Å²) in [6.07, 6.45) is 2.59. The van der Waals surface area contributed by atoms with Crippen LogP contribution < -0.4 is 0 Å². The molecule has 0 spiro atoms. The normalized spacial score (nSPS) is 10.5. The Kier molecular flexibility index (Phi) is 5.59. The zero-order valence-corrected chi connectivity index (χ0v) is 8.07.